The molecule has 1 atom stereocenters. The maximum atomic E-state index is 12.9. The predicted octanol–water partition coefficient (Wildman–Crippen LogP) is 3.87. The number of rotatable bonds is 7. The first-order chi connectivity index (χ1) is 14.8. The van der Waals surface area contributed by atoms with Crippen LogP contribution < -0.4 is 20.3 Å². The van der Waals surface area contributed by atoms with Crippen molar-refractivity contribution in [2.45, 2.75) is 32.7 Å². The van der Waals surface area contributed by atoms with E-state index in [0.29, 0.717) is 40.7 Å². The van der Waals surface area contributed by atoms with Crippen molar-refractivity contribution in [3.05, 3.63) is 53.1 Å². The van der Waals surface area contributed by atoms with Crippen LogP contribution in [0.3, 0.4) is 0 Å². The van der Waals surface area contributed by atoms with Crippen molar-refractivity contribution in [3.8, 4) is 5.75 Å². The van der Waals surface area contributed by atoms with Gasteiger partial charge in [0.15, 0.2) is 0 Å². The van der Waals surface area contributed by atoms with Gasteiger partial charge in [0.1, 0.15) is 11.8 Å². The van der Waals surface area contributed by atoms with Crippen molar-refractivity contribution >= 4 is 40.7 Å². The zero-order chi connectivity index (χ0) is 22.5. The van der Waals surface area contributed by atoms with Gasteiger partial charge in [-0.05, 0) is 54.8 Å². The molecule has 1 aliphatic heterocycles. The van der Waals surface area contributed by atoms with Crippen LogP contribution in [0.2, 0.25) is 5.02 Å². The highest BCUT2D eigenvalue weighted by Crippen LogP contribution is 2.31. The van der Waals surface area contributed by atoms with E-state index in [2.05, 4.69) is 10.6 Å². The summed E-state index contributed by atoms with van der Waals surface area (Å²) in [5.41, 5.74) is 1.56. The van der Waals surface area contributed by atoms with Crippen molar-refractivity contribution < 1.29 is 19.1 Å². The van der Waals surface area contributed by atoms with E-state index in [1.165, 1.54) is 0 Å². The summed E-state index contributed by atoms with van der Waals surface area (Å²) in [6.45, 7) is 4.35. The van der Waals surface area contributed by atoms with E-state index < -0.39 is 6.04 Å². The summed E-state index contributed by atoms with van der Waals surface area (Å²) >= 11 is 6.36. The van der Waals surface area contributed by atoms with Crippen molar-refractivity contribution in [2.75, 3.05) is 23.9 Å². The van der Waals surface area contributed by atoms with Gasteiger partial charge in [-0.15, -0.1) is 0 Å². The Hall–Kier alpha value is -3.06. The van der Waals surface area contributed by atoms with Crippen molar-refractivity contribution in [1.29, 1.82) is 0 Å². The van der Waals surface area contributed by atoms with E-state index in [1.807, 2.05) is 13.8 Å². The molecule has 2 aromatic carbocycles. The van der Waals surface area contributed by atoms with Crippen LogP contribution in [-0.2, 0) is 9.59 Å². The van der Waals surface area contributed by atoms with Crippen LogP contribution in [0.4, 0.5) is 11.4 Å². The predicted molar refractivity (Wildman–Crippen MR) is 121 cm³/mol. The van der Waals surface area contributed by atoms with Crippen LogP contribution in [0.1, 0.15) is 37.0 Å². The normalized spacial score (nSPS) is 14.5. The SMILES string of the molecule is COc1ccc(C(=O)N[C@H](C(=O)Nc2ccc(N3CCCC3=O)c(Cl)c2)C(C)C)cc1. The number of ether oxygens (including phenoxy) is 1. The number of nitrogens with zero attached hydrogens (tertiary/aromatic N) is 1. The fourth-order valence-corrected chi connectivity index (χ4v) is 3.71. The Labute approximate surface area is 186 Å². The minimum atomic E-state index is -0.742. The molecule has 0 bridgehead atoms. The first-order valence-corrected chi connectivity index (χ1v) is 10.5. The van der Waals surface area contributed by atoms with Crippen LogP contribution in [0.15, 0.2) is 42.5 Å². The minimum absolute atomic E-state index is 0.0415. The molecule has 2 aromatic rings. The van der Waals surface area contributed by atoms with E-state index in [-0.39, 0.29) is 23.6 Å². The summed E-state index contributed by atoms with van der Waals surface area (Å²) in [5, 5.41) is 5.98. The summed E-state index contributed by atoms with van der Waals surface area (Å²) in [5.74, 6) is -0.153. The fraction of sp³-hybridized carbons (Fsp3) is 0.348. The zero-order valence-electron chi connectivity index (χ0n) is 17.8. The van der Waals surface area contributed by atoms with Crippen molar-refractivity contribution in [2.24, 2.45) is 5.92 Å². The number of methoxy groups -OCH3 is 1. The lowest BCUT2D eigenvalue weighted by molar-refractivity contribution is -0.119. The Balaban J connectivity index is 1.69. The highest BCUT2D eigenvalue weighted by Gasteiger charge is 2.26. The minimum Gasteiger partial charge on any atom is -0.497 e. The molecular formula is C23H26ClN3O4. The lowest BCUT2D eigenvalue weighted by atomic mass is 10.0. The first-order valence-electron chi connectivity index (χ1n) is 10.2. The first kappa shape index (κ1) is 22.6. The summed E-state index contributed by atoms with van der Waals surface area (Å²) in [7, 11) is 1.55. The molecule has 7 nitrogen and oxygen atoms in total. The fourth-order valence-electron chi connectivity index (χ4n) is 3.43. The quantitative estimate of drug-likeness (QED) is 0.680. The molecule has 164 valence electrons. The molecule has 3 rings (SSSR count). The number of halogens is 1. The van der Waals surface area contributed by atoms with Crippen LogP contribution in [0.5, 0.6) is 5.75 Å². The maximum Gasteiger partial charge on any atom is 0.251 e. The molecule has 0 saturated carbocycles. The second-order valence-electron chi connectivity index (χ2n) is 7.73. The number of carbonyl (C=O) groups excluding carboxylic acids is 3. The molecule has 1 saturated heterocycles. The third-order valence-corrected chi connectivity index (χ3v) is 5.47. The third kappa shape index (κ3) is 5.35. The second kappa shape index (κ2) is 9.83. The summed E-state index contributed by atoms with van der Waals surface area (Å²) in [6, 6.07) is 11.0. The smallest absolute Gasteiger partial charge is 0.251 e. The summed E-state index contributed by atoms with van der Waals surface area (Å²) in [4.78, 5) is 39.1. The Bertz CT molecular complexity index is 975. The highest BCUT2D eigenvalue weighted by molar-refractivity contribution is 6.34. The Morgan fingerprint density at radius 3 is 2.39 bits per heavy atom. The van der Waals surface area contributed by atoms with E-state index in [1.54, 1.807) is 54.5 Å². The van der Waals surface area contributed by atoms with E-state index in [0.717, 1.165) is 6.42 Å². The average molecular weight is 444 g/mol. The molecule has 0 aliphatic carbocycles. The molecule has 0 spiro atoms. The zero-order valence-corrected chi connectivity index (χ0v) is 18.5. The molecule has 31 heavy (non-hydrogen) atoms. The van der Waals surface area contributed by atoms with Crippen LogP contribution in [0.25, 0.3) is 0 Å². The van der Waals surface area contributed by atoms with Gasteiger partial charge < -0.3 is 20.3 Å². The van der Waals surface area contributed by atoms with Crippen LogP contribution in [-0.4, -0.2) is 37.4 Å². The molecule has 0 radical (unpaired) electrons. The average Bonchev–Trinajstić information content (AvgIpc) is 3.17. The van der Waals surface area contributed by atoms with Gasteiger partial charge >= 0.3 is 0 Å². The standard InChI is InChI=1S/C23H26ClN3O4/c1-14(2)21(26-22(29)15-6-9-17(31-3)10-7-15)23(30)25-16-8-11-19(18(24)13-16)27-12-4-5-20(27)28/h6-11,13-14,21H,4-5,12H2,1-3H3,(H,25,30)(H,26,29)/t21-/m0/s1. The molecule has 2 N–H and O–H groups in total. The lowest BCUT2D eigenvalue weighted by Gasteiger charge is -2.22. The largest absolute Gasteiger partial charge is 0.497 e. The topological polar surface area (TPSA) is 87.7 Å². The summed E-state index contributed by atoms with van der Waals surface area (Å²) in [6.07, 6.45) is 1.32. The van der Waals surface area contributed by atoms with Gasteiger partial charge in [-0.25, -0.2) is 0 Å². The Morgan fingerprint density at radius 1 is 1.13 bits per heavy atom. The number of hydrogen-bond donors (Lipinski definition) is 2. The molecule has 0 aromatic heterocycles. The van der Waals surface area contributed by atoms with Gasteiger partial charge in [-0.2, -0.15) is 0 Å². The summed E-state index contributed by atoms with van der Waals surface area (Å²) < 4.78 is 5.10. The van der Waals surface area contributed by atoms with Gasteiger partial charge in [0.05, 0.1) is 17.8 Å². The number of amides is 3. The number of anilines is 2. The van der Waals surface area contributed by atoms with E-state index in [9.17, 15) is 14.4 Å². The Morgan fingerprint density at radius 2 is 1.84 bits per heavy atom. The number of carbonyl (C=O) groups is 3. The highest BCUT2D eigenvalue weighted by atomic mass is 35.5. The van der Waals surface area contributed by atoms with E-state index >= 15 is 0 Å². The van der Waals surface area contributed by atoms with Crippen molar-refractivity contribution in [1.82, 2.24) is 5.32 Å². The Kier molecular flexibility index (Phi) is 7.17. The van der Waals surface area contributed by atoms with Gasteiger partial charge in [0.2, 0.25) is 11.8 Å². The van der Waals surface area contributed by atoms with Gasteiger partial charge in [0, 0.05) is 24.2 Å². The van der Waals surface area contributed by atoms with Gasteiger partial charge in [-0.3, -0.25) is 14.4 Å². The van der Waals surface area contributed by atoms with Gasteiger partial charge in [-0.1, -0.05) is 25.4 Å². The van der Waals surface area contributed by atoms with Crippen LogP contribution >= 0.6 is 11.6 Å². The third-order valence-electron chi connectivity index (χ3n) is 5.17. The molecule has 0 unspecified atom stereocenters. The molecule has 1 fully saturated rings. The second-order valence-corrected chi connectivity index (χ2v) is 8.14. The van der Waals surface area contributed by atoms with Crippen LogP contribution in [0, 0.1) is 5.92 Å². The number of nitrogens with one attached hydrogen (secondary N) is 2. The van der Waals surface area contributed by atoms with Crippen molar-refractivity contribution in [3.63, 3.8) is 0 Å². The molecule has 8 heteroatoms. The maximum absolute atomic E-state index is 12.9. The molecular weight excluding hydrogens is 418 g/mol. The van der Waals surface area contributed by atoms with E-state index in [4.69, 9.17) is 16.3 Å². The number of benzene rings is 2. The molecule has 1 aliphatic rings. The lowest BCUT2D eigenvalue weighted by Crippen LogP contribution is -2.47. The molecule has 3 amide bonds. The molecule has 1 heterocycles. The van der Waals surface area contributed by atoms with Gasteiger partial charge in [0.25, 0.3) is 5.91 Å². The monoisotopic (exact) mass is 443 g/mol. The number of hydrogen-bond acceptors (Lipinski definition) is 4.